The molecule has 0 fully saturated rings. The van der Waals surface area contributed by atoms with Gasteiger partial charge < -0.3 is 117 Å². The van der Waals surface area contributed by atoms with Gasteiger partial charge in [0.15, 0.2) is 0 Å². The molecule has 0 saturated carbocycles. The van der Waals surface area contributed by atoms with E-state index in [9.17, 15) is 10.2 Å². The largest absolute Gasteiger partial charge is 2.00 e. The number of para-hydroxylation sites is 2. The Kier molecular flexibility index (Phi) is 262. The number of nitrogens with zero attached hydrogens (tertiary/aromatic N) is 3. The Morgan fingerprint density at radius 2 is 0.284 bits per heavy atom. The van der Waals surface area contributed by atoms with Gasteiger partial charge in [-0.2, -0.15) is 0 Å². The number of quaternary nitrogens is 3. The van der Waals surface area contributed by atoms with Crippen molar-refractivity contribution in [2.75, 3.05) is 78.5 Å². The maximum atomic E-state index is 10.3. The van der Waals surface area contributed by atoms with Crippen molar-refractivity contribution in [1.29, 1.82) is 0 Å². The Labute approximate surface area is 625 Å². The number of unbranched alkanes of at least 4 members (excludes halogenated alkanes) is 12. The van der Waals surface area contributed by atoms with Crippen LogP contribution in [0, 0.1) is 0 Å². The first-order valence-corrected chi connectivity index (χ1v) is 28.5. The zero-order valence-electron chi connectivity index (χ0n) is 55.8. The van der Waals surface area contributed by atoms with Crippen LogP contribution < -0.4 is 10.2 Å². The summed E-state index contributed by atoms with van der Waals surface area (Å²) >= 11 is 0. The SMILES string of the molecule is CCCC[N+](CCCC)(CCCC)CCCC.CCCC[N+](CCCC)(CCCC)CCCC.CCCC[N+](CCCC)(CCCC)CCCC.[O-2].[O-2].[O-2].[O-2].[O-2].[O-2].[O-2].[O-2].[O-2].[O-2].[O-2].[O-2].[O-2].[O-2].[O-2].[O-2].[O-2].[O-]c1ccccc1.[O-]c1ccccc1.[W].[W].[W].[W].[W].[W]. The molecular weight excluding hydrogens is 2170 g/mol. The molecule has 0 aliphatic heterocycles. The average molecular weight is 2290 g/mol. The molecule has 88 heavy (non-hydrogen) atoms. The van der Waals surface area contributed by atoms with Crippen molar-refractivity contribution < 1.29 is 243 Å². The predicted octanol–water partition coefficient (Wildman–Crippen LogP) is 14.5. The van der Waals surface area contributed by atoms with E-state index in [0.717, 1.165) is 0 Å². The van der Waals surface area contributed by atoms with Crippen molar-refractivity contribution in [1.82, 2.24) is 0 Å². The number of hydrogen-bond donors (Lipinski definition) is 0. The molecule has 22 nitrogen and oxygen atoms in total. The zero-order chi connectivity index (χ0) is 49.2. The van der Waals surface area contributed by atoms with Crippen LogP contribution in [0.3, 0.4) is 0 Å². The van der Waals surface area contributed by atoms with E-state index in [-0.39, 0.29) is 231 Å². The molecular formula is C60H118N3O19W6-33. The van der Waals surface area contributed by atoms with Gasteiger partial charge in [0.2, 0.25) is 0 Å². The van der Waals surface area contributed by atoms with Gasteiger partial charge in [-0.1, -0.05) is 221 Å². The summed E-state index contributed by atoms with van der Waals surface area (Å²) < 4.78 is 4.26. The summed E-state index contributed by atoms with van der Waals surface area (Å²) in [5, 5.41) is 20.5. The molecule has 0 bridgehead atoms. The van der Waals surface area contributed by atoms with Crippen LogP contribution in [-0.4, -0.2) is 92.0 Å². The second-order valence-corrected chi connectivity index (χ2v) is 19.6. The van der Waals surface area contributed by atoms with Crippen molar-refractivity contribution >= 4 is 0 Å². The first kappa shape index (κ1) is 174. The summed E-state index contributed by atoms with van der Waals surface area (Å²) in [7, 11) is 0. The molecule has 0 N–H and O–H groups in total. The van der Waals surface area contributed by atoms with Gasteiger partial charge in [0, 0.05) is 126 Å². The molecule has 0 saturated heterocycles. The minimum atomic E-state index is 0. The van der Waals surface area contributed by atoms with Gasteiger partial charge in [0.1, 0.15) is 0 Å². The molecule has 0 heterocycles. The van der Waals surface area contributed by atoms with Gasteiger partial charge in [-0.3, -0.25) is 0 Å². The fraction of sp³-hybridized carbons (Fsp3) is 0.800. The topological polar surface area (TPSA) is 531 Å². The van der Waals surface area contributed by atoms with Crippen LogP contribution in [-0.2, 0) is 219 Å². The van der Waals surface area contributed by atoms with Crippen LogP contribution in [0.15, 0.2) is 60.7 Å². The molecule has 0 atom stereocenters. The molecule has 28 heteroatoms. The van der Waals surface area contributed by atoms with Crippen molar-refractivity contribution in [3.8, 4) is 11.5 Å². The molecule has 2 rings (SSSR count). The Balaban J connectivity index is -0.0000000219. The van der Waals surface area contributed by atoms with Crippen LogP contribution in [0.2, 0.25) is 0 Å². The van der Waals surface area contributed by atoms with Crippen molar-refractivity contribution in [3.63, 3.8) is 0 Å². The van der Waals surface area contributed by atoms with E-state index in [2.05, 4.69) is 83.1 Å². The third-order valence-corrected chi connectivity index (χ3v) is 13.3. The van der Waals surface area contributed by atoms with Crippen LogP contribution in [0.5, 0.6) is 11.5 Å². The molecule has 0 unspecified atom stereocenters. The maximum Gasteiger partial charge on any atom is 0.0786 e. The van der Waals surface area contributed by atoms with E-state index in [1.807, 2.05) is 12.1 Å². The molecule has 0 aliphatic carbocycles. The molecule has 0 spiro atoms. The van der Waals surface area contributed by atoms with Crippen LogP contribution in [0.25, 0.3) is 0 Å². The van der Waals surface area contributed by atoms with E-state index in [1.165, 1.54) is 270 Å². The van der Waals surface area contributed by atoms with Gasteiger partial charge in [0.25, 0.3) is 0 Å². The molecule has 0 amide bonds. The Morgan fingerprint density at radius 1 is 0.193 bits per heavy atom. The van der Waals surface area contributed by atoms with E-state index in [0.29, 0.717) is 0 Å². The average Bonchev–Trinajstić information content (AvgIpc) is 3.34. The number of rotatable bonds is 36. The van der Waals surface area contributed by atoms with E-state index < -0.39 is 0 Å². The third-order valence-electron chi connectivity index (χ3n) is 13.3. The monoisotopic (exact) mass is 2290 g/mol. The Bertz CT molecular complexity index is 1010. The molecule has 556 valence electrons. The fourth-order valence-corrected chi connectivity index (χ4v) is 8.78. The summed E-state index contributed by atoms with van der Waals surface area (Å²) in [6.45, 7) is 45.1. The summed E-state index contributed by atoms with van der Waals surface area (Å²) in [6.07, 6.45) is 33.2. The minimum Gasteiger partial charge on any atom is -2.00 e. The molecule has 0 radical (unpaired) electrons. The molecule has 2 aromatic rings. The molecule has 0 aromatic heterocycles. The molecule has 0 aliphatic rings. The normalized spacial score (nSPS) is 8.32. The summed E-state index contributed by atoms with van der Waals surface area (Å²) in [4.78, 5) is 0. The van der Waals surface area contributed by atoms with Crippen molar-refractivity contribution in [2.45, 2.75) is 237 Å². The van der Waals surface area contributed by atoms with Crippen LogP contribution >= 0.6 is 0 Å². The van der Waals surface area contributed by atoms with Gasteiger partial charge in [0.05, 0.1) is 78.5 Å². The first-order valence-electron chi connectivity index (χ1n) is 28.5. The summed E-state index contributed by atoms with van der Waals surface area (Å²) in [5.74, 6) is 0.144. The van der Waals surface area contributed by atoms with Crippen molar-refractivity contribution in [2.24, 2.45) is 0 Å². The van der Waals surface area contributed by atoms with Crippen LogP contribution in [0.4, 0.5) is 0 Å². The standard InChI is InChI=1S/3C16H36N.2C6H6O.17O.6W/c3*1-5-9-13-17(14-10-6-2,15-11-7-3)16-12-8-4;2*7-6-4-2-1-3-5-6;;;;;;;;;;;;;;;;;;;;;;;/h3*5-16H2,1-4H3;2*1-5,7H;;;;;;;;;;;;;;;;;;;;;;;/q3*+1;;;17*-2;;;;;;/p-2. The summed E-state index contributed by atoms with van der Waals surface area (Å²) in [5.41, 5.74) is 0. The third kappa shape index (κ3) is 109. The smallest absolute Gasteiger partial charge is 0.0786 e. The van der Waals surface area contributed by atoms with Gasteiger partial charge in [-0.05, 0) is 77.0 Å². The van der Waals surface area contributed by atoms with E-state index >= 15 is 0 Å². The first-order chi connectivity index (χ1) is 31.5. The predicted molar refractivity (Wildman–Crippen MR) is 302 cm³/mol. The van der Waals surface area contributed by atoms with Gasteiger partial charge in [-0.15, -0.1) is 11.5 Å². The summed E-state index contributed by atoms with van der Waals surface area (Å²) in [6, 6.07) is 16.7. The fourth-order valence-electron chi connectivity index (χ4n) is 8.78. The molecule has 2 aromatic carbocycles. The van der Waals surface area contributed by atoms with E-state index in [1.54, 1.807) is 24.3 Å². The second-order valence-electron chi connectivity index (χ2n) is 19.6. The maximum absolute atomic E-state index is 10.3. The van der Waals surface area contributed by atoms with Gasteiger partial charge >= 0.3 is 0 Å². The number of benzene rings is 2. The zero-order valence-corrected chi connectivity index (χ0v) is 73.4. The van der Waals surface area contributed by atoms with E-state index in [4.69, 9.17) is 0 Å². The Morgan fingerprint density at radius 3 is 0.341 bits per heavy atom. The van der Waals surface area contributed by atoms with Gasteiger partial charge in [-0.25, -0.2) is 0 Å². The quantitative estimate of drug-likeness (QED) is 0.0600. The number of hydrogen-bond acceptors (Lipinski definition) is 2. The van der Waals surface area contributed by atoms with Crippen molar-refractivity contribution in [3.05, 3.63) is 60.7 Å². The minimum absolute atomic E-state index is 0. The second kappa shape index (κ2) is 132. The van der Waals surface area contributed by atoms with Crippen LogP contribution in [0.1, 0.15) is 237 Å². The Hall–Kier alpha value is 1.37.